The van der Waals surface area contributed by atoms with Crippen LogP contribution in [0.5, 0.6) is 0 Å². The van der Waals surface area contributed by atoms with Crippen molar-refractivity contribution in [3.05, 3.63) is 0 Å². The van der Waals surface area contributed by atoms with Crippen molar-refractivity contribution in [3.63, 3.8) is 0 Å². The predicted molar refractivity (Wildman–Crippen MR) is 52.1 cm³/mol. The van der Waals surface area contributed by atoms with E-state index in [0.29, 0.717) is 12.8 Å². The minimum Gasteiger partial charge on any atom is -0.370 e. The third kappa shape index (κ3) is 2.49. The molecule has 90 valence electrons. The summed E-state index contributed by atoms with van der Waals surface area (Å²) in [5, 5.41) is 10.1. The molecule has 2 aliphatic heterocycles. The molecular formula is C9H15N3O4. The van der Waals surface area contributed by atoms with Crippen LogP contribution in [0.4, 0.5) is 0 Å². The van der Waals surface area contributed by atoms with E-state index in [-0.39, 0.29) is 24.4 Å². The zero-order chi connectivity index (χ0) is 11.8. The quantitative estimate of drug-likeness (QED) is 0.533. The first-order valence-corrected chi connectivity index (χ1v) is 5.25. The van der Waals surface area contributed by atoms with Gasteiger partial charge >= 0.3 is 5.97 Å². The highest BCUT2D eigenvalue weighted by atomic mass is 16.7. The Morgan fingerprint density at radius 3 is 2.88 bits per heavy atom. The summed E-state index contributed by atoms with van der Waals surface area (Å²) in [5.74, 6) is -0.860. The molecule has 2 rings (SSSR count). The van der Waals surface area contributed by atoms with E-state index >= 15 is 0 Å². The monoisotopic (exact) mass is 229 g/mol. The largest absolute Gasteiger partial charge is 0.370 e. The Hall–Kier alpha value is -1.18. The molecule has 1 unspecified atom stereocenters. The molecule has 2 fully saturated rings. The van der Waals surface area contributed by atoms with Gasteiger partial charge < -0.3 is 9.94 Å². The second-order valence-corrected chi connectivity index (χ2v) is 4.28. The molecule has 2 heterocycles. The normalized spacial score (nSPS) is 27.0. The average molecular weight is 229 g/mol. The molecule has 7 nitrogen and oxygen atoms in total. The number of hydrazine groups is 1. The Bertz CT molecular complexity index is 316. The van der Waals surface area contributed by atoms with Crippen LogP contribution < -0.4 is 10.9 Å². The molecule has 0 bridgehead atoms. The number of rotatable bonds is 4. The van der Waals surface area contributed by atoms with Gasteiger partial charge in [0.25, 0.3) is 5.91 Å². The number of hydrogen-bond donors (Lipinski definition) is 3. The predicted octanol–water partition coefficient (Wildman–Crippen LogP) is -1.01. The lowest BCUT2D eigenvalue weighted by molar-refractivity contribution is -0.220. The Morgan fingerprint density at radius 1 is 1.69 bits per heavy atom. The molecule has 0 radical (unpaired) electrons. The van der Waals surface area contributed by atoms with Gasteiger partial charge in [0.15, 0.2) is 6.23 Å². The number of nitrogens with one attached hydrogen (secondary N) is 2. The van der Waals surface area contributed by atoms with Gasteiger partial charge in [-0.1, -0.05) is 0 Å². The van der Waals surface area contributed by atoms with Crippen molar-refractivity contribution in [2.75, 3.05) is 0 Å². The molecule has 2 aliphatic rings. The lowest BCUT2D eigenvalue weighted by atomic mass is 10.1. The topological polar surface area (TPSA) is 111 Å². The third-order valence-corrected chi connectivity index (χ3v) is 2.71. The molecule has 3 N–H and O–H groups in total. The van der Waals surface area contributed by atoms with E-state index in [1.54, 1.807) is 0 Å². The summed E-state index contributed by atoms with van der Waals surface area (Å²) in [6, 6.07) is 0. The maximum atomic E-state index is 11.4. The van der Waals surface area contributed by atoms with Crippen LogP contribution in [0, 0.1) is 0 Å². The van der Waals surface area contributed by atoms with Gasteiger partial charge in [-0.05, 0) is 13.3 Å². The van der Waals surface area contributed by atoms with Crippen molar-refractivity contribution >= 4 is 11.9 Å². The van der Waals surface area contributed by atoms with E-state index in [2.05, 4.69) is 10.9 Å². The number of hydrogen-bond acceptors (Lipinski definition) is 6. The standard InChI is InChI=1S/C9H15N3O4/c1-9(10-11-9)5-4-8(15)16-12-6(13)2-3-7(12)14/h6,10-11,13H,2-5H2,1H3. The fraction of sp³-hybridized carbons (Fsp3) is 0.778. The van der Waals surface area contributed by atoms with Crippen molar-refractivity contribution in [2.24, 2.45) is 0 Å². The zero-order valence-electron chi connectivity index (χ0n) is 9.02. The summed E-state index contributed by atoms with van der Waals surface area (Å²) in [6.45, 7) is 1.91. The highest BCUT2D eigenvalue weighted by Crippen LogP contribution is 2.19. The highest BCUT2D eigenvalue weighted by Gasteiger charge is 2.37. The SMILES string of the molecule is CC1(CCC(=O)ON2C(=O)CCC2O)NN1. The molecule has 1 atom stereocenters. The van der Waals surface area contributed by atoms with Crippen LogP contribution in [0.2, 0.25) is 0 Å². The number of amides is 1. The van der Waals surface area contributed by atoms with E-state index < -0.39 is 12.2 Å². The second-order valence-electron chi connectivity index (χ2n) is 4.28. The van der Waals surface area contributed by atoms with Crippen molar-refractivity contribution in [3.8, 4) is 0 Å². The van der Waals surface area contributed by atoms with Crippen molar-refractivity contribution in [2.45, 2.75) is 44.5 Å². The van der Waals surface area contributed by atoms with Gasteiger partial charge in [0.05, 0.1) is 12.1 Å². The average Bonchev–Trinajstić information content (AvgIpc) is 2.90. The Kier molecular flexibility index (Phi) is 2.83. The molecule has 0 saturated carbocycles. The maximum absolute atomic E-state index is 11.4. The zero-order valence-corrected chi connectivity index (χ0v) is 9.02. The Balaban J connectivity index is 1.75. The minimum atomic E-state index is -0.996. The lowest BCUT2D eigenvalue weighted by Crippen LogP contribution is -2.35. The number of carbonyl (C=O) groups is 2. The number of nitrogens with zero attached hydrogens (tertiary/aromatic N) is 1. The Morgan fingerprint density at radius 2 is 2.38 bits per heavy atom. The van der Waals surface area contributed by atoms with E-state index in [9.17, 15) is 14.7 Å². The lowest BCUT2D eigenvalue weighted by Gasteiger charge is -2.18. The van der Waals surface area contributed by atoms with Crippen LogP contribution in [-0.4, -0.2) is 33.9 Å². The number of carbonyl (C=O) groups excluding carboxylic acids is 2. The van der Waals surface area contributed by atoms with Crippen LogP contribution >= 0.6 is 0 Å². The summed E-state index contributed by atoms with van der Waals surface area (Å²) in [6.07, 6.45) is 0.295. The molecule has 0 aromatic rings. The number of aliphatic hydroxyl groups is 1. The maximum Gasteiger partial charge on any atom is 0.332 e. The summed E-state index contributed by atoms with van der Waals surface area (Å²) in [5.41, 5.74) is 5.58. The molecule has 0 aliphatic carbocycles. The summed E-state index contributed by atoms with van der Waals surface area (Å²) in [4.78, 5) is 27.4. The number of aliphatic hydroxyl groups excluding tert-OH is 1. The van der Waals surface area contributed by atoms with E-state index in [1.165, 1.54) is 0 Å². The van der Waals surface area contributed by atoms with E-state index in [0.717, 1.165) is 5.06 Å². The Labute approximate surface area is 92.7 Å². The molecule has 16 heavy (non-hydrogen) atoms. The molecule has 7 heteroatoms. The van der Waals surface area contributed by atoms with Gasteiger partial charge in [-0.3, -0.25) is 4.79 Å². The fourth-order valence-electron chi connectivity index (χ4n) is 1.50. The first-order chi connectivity index (χ1) is 7.50. The molecule has 2 saturated heterocycles. The van der Waals surface area contributed by atoms with E-state index in [1.807, 2.05) is 6.92 Å². The van der Waals surface area contributed by atoms with Crippen molar-refractivity contribution in [1.29, 1.82) is 0 Å². The van der Waals surface area contributed by atoms with Gasteiger partial charge in [-0.25, -0.2) is 15.6 Å². The van der Waals surface area contributed by atoms with Gasteiger partial charge in [0.1, 0.15) is 0 Å². The van der Waals surface area contributed by atoms with Crippen LogP contribution in [0.1, 0.15) is 32.6 Å². The van der Waals surface area contributed by atoms with Gasteiger partial charge in [0.2, 0.25) is 0 Å². The first-order valence-electron chi connectivity index (χ1n) is 5.25. The van der Waals surface area contributed by atoms with Crippen LogP contribution in [0.25, 0.3) is 0 Å². The van der Waals surface area contributed by atoms with E-state index in [4.69, 9.17) is 4.84 Å². The van der Waals surface area contributed by atoms with Crippen LogP contribution in [-0.2, 0) is 14.4 Å². The van der Waals surface area contributed by atoms with Crippen molar-refractivity contribution in [1.82, 2.24) is 15.9 Å². The minimum absolute atomic E-state index is 0.187. The third-order valence-electron chi connectivity index (χ3n) is 2.71. The smallest absolute Gasteiger partial charge is 0.332 e. The molecule has 1 amide bonds. The molecule has 0 aromatic carbocycles. The summed E-state index contributed by atoms with van der Waals surface area (Å²) >= 11 is 0. The van der Waals surface area contributed by atoms with Crippen LogP contribution in [0.15, 0.2) is 0 Å². The van der Waals surface area contributed by atoms with Gasteiger partial charge in [-0.15, -0.1) is 5.06 Å². The molecule has 0 aromatic heterocycles. The van der Waals surface area contributed by atoms with Crippen LogP contribution in [0.3, 0.4) is 0 Å². The first kappa shape index (κ1) is 11.3. The van der Waals surface area contributed by atoms with Gasteiger partial charge in [-0.2, -0.15) is 0 Å². The van der Waals surface area contributed by atoms with Crippen molar-refractivity contribution < 1.29 is 19.5 Å². The highest BCUT2D eigenvalue weighted by molar-refractivity contribution is 5.79. The summed E-state index contributed by atoms with van der Waals surface area (Å²) in [7, 11) is 0. The molecule has 0 spiro atoms. The summed E-state index contributed by atoms with van der Waals surface area (Å²) < 4.78 is 0. The molecular weight excluding hydrogens is 214 g/mol. The second kappa shape index (κ2) is 4.00. The van der Waals surface area contributed by atoms with Gasteiger partial charge in [0, 0.05) is 12.8 Å². The number of hydroxylamine groups is 2. The fourth-order valence-corrected chi connectivity index (χ4v) is 1.50.